The first-order valence-electron chi connectivity index (χ1n) is 6.79. The van der Waals surface area contributed by atoms with Crippen LogP contribution in [-0.2, 0) is 0 Å². The first kappa shape index (κ1) is 15.6. The summed E-state index contributed by atoms with van der Waals surface area (Å²) in [5, 5.41) is 14.4. The molecule has 0 aliphatic heterocycles. The molecule has 0 saturated heterocycles. The van der Waals surface area contributed by atoms with Gasteiger partial charge in [0.05, 0.1) is 11.3 Å². The van der Waals surface area contributed by atoms with Crippen LogP contribution in [0.4, 0.5) is 10.5 Å². The number of nitrogens with one attached hydrogen (secondary N) is 2. The first-order chi connectivity index (χ1) is 10.1. The number of halogens is 1. The van der Waals surface area contributed by atoms with Gasteiger partial charge in [-0.15, -0.1) is 0 Å². The van der Waals surface area contributed by atoms with Crippen LogP contribution >= 0.6 is 15.9 Å². The standard InChI is InChI=1S/C15H17BrN2O3/c16-12-8-11(14(19)20)6-7-13(12)18-15(21)17-9-10-4-2-1-3-5-10/h1-2,6-8,10H,3-5,9H2,(H,19,20)(H2,17,18,21). The summed E-state index contributed by atoms with van der Waals surface area (Å²) >= 11 is 3.26. The molecular weight excluding hydrogens is 336 g/mol. The average Bonchev–Trinajstić information content (AvgIpc) is 2.48. The van der Waals surface area contributed by atoms with E-state index in [1.165, 1.54) is 12.1 Å². The molecule has 0 heterocycles. The predicted octanol–water partition coefficient (Wildman–Crippen LogP) is 3.63. The van der Waals surface area contributed by atoms with Gasteiger partial charge in [-0.25, -0.2) is 9.59 Å². The maximum Gasteiger partial charge on any atom is 0.335 e. The molecular formula is C15H17BrN2O3. The highest BCUT2D eigenvalue weighted by Gasteiger charge is 2.12. The van der Waals surface area contributed by atoms with Gasteiger partial charge in [-0.05, 0) is 59.3 Å². The summed E-state index contributed by atoms with van der Waals surface area (Å²) in [7, 11) is 0. The van der Waals surface area contributed by atoms with E-state index < -0.39 is 5.97 Å². The molecule has 0 spiro atoms. The summed E-state index contributed by atoms with van der Waals surface area (Å²) < 4.78 is 0.540. The molecule has 0 radical (unpaired) electrons. The van der Waals surface area contributed by atoms with Crippen LogP contribution in [0, 0.1) is 5.92 Å². The highest BCUT2D eigenvalue weighted by Crippen LogP contribution is 2.23. The van der Waals surface area contributed by atoms with Crippen molar-refractivity contribution in [1.82, 2.24) is 5.32 Å². The van der Waals surface area contributed by atoms with E-state index >= 15 is 0 Å². The zero-order valence-electron chi connectivity index (χ0n) is 11.4. The molecule has 5 nitrogen and oxygen atoms in total. The van der Waals surface area contributed by atoms with E-state index in [4.69, 9.17) is 5.11 Å². The number of urea groups is 1. The zero-order chi connectivity index (χ0) is 15.2. The van der Waals surface area contributed by atoms with Gasteiger partial charge in [0, 0.05) is 11.0 Å². The van der Waals surface area contributed by atoms with Gasteiger partial charge in [0.2, 0.25) is 0 Å². The second-order valence-corrected chi connectivity index (χ2v) is 5.84. The van der Waals surface area contributed by atoms with E-state index in [0.29, 0.717) is 22.6 Å². The molecule has 2 rings (SSSR count). The van der Waals surface area contributed by atoms with E-state index in [1.807, 2.05) is 0 Å². The molecule has 6 heteroatoms. The van der Waals surface area contributed by atoms with E-state index in [-0.39, 0.29) is 11.6 Å². The monoisotopic (exact) mass is 352 g/mol. The van der Waals surface area contributed by atoms with Crippen LogP contribution in [0.5, 0.6) is 0 Å². The lowest BCUT2D eigenvalue weighted by Crippen LogP contribution is -2.33. The molecule has 0 saturated carbocycles. The van der Waals surface area contributed by atoms with Crippen molar-refractivity contribution in [2.45, 2.75) is 19.3 Å². The lowest BCUT2D eigenvalue weighted by molar-refractivity contribution is 0.0697. The molecule has 1 aromatic carbocycles. The fourth-order valence-electron chi connectivity index (χ4n) is 2.19. The van der Waals surface area contributed by atoms with Crippen LogP contribution in [-0.4, -0.2) is 23.7 Å². The number of rotatable bonds is 4. The van der Waals surface area contributed by atoms with Gasteiger partial charge >= 0.3 is 12.0 Å². The molecule has 2 amide bonds. The summed E-state index contributed by atoms with van der Waals surface area (Å²) in [5.74, 6) is -0.518. The van der Waals surface area contributed by atoms with E-state index in [0.717, 1.165) is 19.3 Å². The zero-order valence-corrected chi connectivity index (χ0v) is 13.0. The highest BCUT2D eigenvalue weighted by molar-refractivity contribution is 9.10. The number of amides is 2. The van der Waals surface area contributed by atoms with Crippen molar-refractivity contribution < 1.29 is 14.7 Å². The van der Waals surface area contributed by atoms with Gasteiger partial charge in [-0.3, -0.25) is 0 Å². The Kier molecular flexibility index (Phi) is 5.38. The second-order valence-electron chi connectivity index (χ2n) is 4.99. The van der Waals surface area contributed by atoms with E-state index in [9.17, 15) is 9.59 Å². The van der Waals surface area contributed by atoms with Crippen molar-refractivity contribution in [3.8, 4) is 0 Å². The molecule has 1 aromatic rings. The van der Waals surface area contributed by atoms with Crippen LogP contribution in [0.2, 0.25) is 0 Å². The minimum absolute atomic E-state index is 0.168. The quantitative estimate of drug-likeness (QED) is 0.724. The second kappa shape index (κ2) is 7.26. The molecule has 0 aromatic heterocycles. The van der Waals surface area contributed by atoms with Crippen molar-refractivity contribution >= 4 is 33.6 Å². The smallest absolute Gasteiger partial charge is 0.335 e. The number of carbonyl (C=O) groups is 2. The van der Waals surface area contributed by atoms with E-state index in [1.54, 1.807) is 6.07 Å². The fourth-order valence-corrected chi connectivity index (χ4v) is 2.67. The Morgan fingerprint density at radius 1 is 1.33 bits per heavy atom. The van der Waals surface area contributed by atoms with Gasteiger partial charge in [-0.2, -0.15) is 0 Å². The summed E-state index contributed by atoms with van der Waals surface area (Å²) in [4.78, 5) is 22.7. The minimum Gasteiger partial charge on any atom is -0.478 e. The Bertz CT molecular complexity index is 572. The lowest BCUT2D eigenvalue weighted by atomic mass is 9.94. The molecule has 0 bridgehead atoms. The topological polar surface area (TPSA) is 78.4 Å². The summed E-state index contributed by atoms with van der Waals surface area (Å²) in [6.45, 7) is 0.640. The predicted molar refractivity (Wildman–Crippen MR) is 84.6 cm³/mol. The number of carbonyl (C=O) groups excluding carboxylic acids is 1. The van der Waals surface area contributed by atoms with Crippen LogP contribution in [0.3, 0.4) is 0 Å². The third kappa shape index (κ3) is 4.60. The van der Waals surface area contributed by atoms with Crippen LogP contribution in [0.15, 0.2) is 34.8 Å². The molecule has 1 aliphatic carbocycles. The Balaban J connectivity index is 1.87. The maximum absolute atomic E-state index is 11.8. The number of carboxylic acid groups (broad SMARTS) is 1. The molecule has 1 atom stereocenters. The third-order valence-corrected chi connectivity index (χ3v) is 4.05. The number of aromatic carboxylic acids is 1. The summed E-state index contributed by atoms with van der Waals surface area (Å²) in [6.07, 6.45) is 7.47. The van der Waals surface area contributed by atoms with Crippen molar-refractivity contribution in [3.63, 3.8) is 0 Å². The molecule has 21 heavy (non-hydrogen) atoms. The van der Waals surface area contributed by atoms with E-state index in [2.05, 4.69) is 38.7 Å². The average molecular weight is 353 g/mol. The van der Waals surface area contributed by atoms with Crippen LogP contribution in [0.1, 0.15) is 29.6 Å². The molecule has 1 aliphatic rings. The Morgan fingerprint density at radius 2 is 2.14 bits per heavy atom. The van der Waals surface area contributed by atoms with Gasteiger partial charge in [0.15, 0.2) is 0 Å². The first-order valence-corrected chi connectivity index (χ1v) is 7.58. The van der Waals surface area contributed by atoms with Gasteiger partial charge in [0.25, 0.3) is 0 Å². The SMILES string of the molecule is O=C(NCC1CC=CCC1)Nc1ccc(C(=O)O)cc1Br. The van der Waals surface area contributed by atoms with Gasteiger partial charge in [-0.1, -0.05) is 12.2 Å². The van der Waals surface area contributed by atoms with Crippen LogP contribution in [0.25, 0.3) is 0 Å². The third-order valence-electron chi connectivity index (χ3n) is 3.39. The molecule has 0 fully saturated rings. The number of hydrogen-bond donors (Lipinski definition) is 3. The minimum atomic E-state index is -1.00. The van der Waals surface area contributed by atoms with Gasteiger partial charge in [0.1, 0.15) is 0 Å². The largest absolute Gasteiger partial charge is 0.478 e. The number of benzene rings is 1. The molecule has 1 unspecified atom stereocenters. The fraction of sp³-hybridized carbons (Fsp3) is 0.333. The number of allylic oxidation sites excluding steroid dienone is 2. The van der Waals surface area contributed by atoms with Gasteiger partial charge < -0.3 is 15.7 Å². The Hall–Kier alpha value is -1.82. The summed E-state index contributed by atoms with van der Waals surface area (Å²) in [5.41, 5.74) is 0.711. The normalized spacial score (nSPS) is 17.3. The maximum atomic E-state index is 11.8. The number of anilines is 1. The number of carboxylic acids is 1. The Labute approximate surface area is 131 Å². The van der Waals surface area contributed by atoms with Crippen LogP contribution < -0.4 is 10.6 Å². The van der Waals surface area contributed by atoms with Crippen molar-refractivity contribution in [2.75, 3.05) is 11.9 Å². The number of hydrogen-bond acceptors (Lipinski definition) is 2. The molecule has 112 valence electrons. The molecule has 3 N–H and O–H groups in total. The highest BCUT2D eigenvalue weighted by atomic mass is 79.9. The Morgan fingerprint density at radius 3 is 2.76 bits per heavy atom. The van der Waals surface area contributed by atoms with Crippen molar-refractivity contribution in [3.05, 3.63) is 40.4 Å². The summed E-state index contributed by atoms with van der Waals surface area (Å²) in [6, 6.07) is 4.20. The van der Waals surface area contributed by atoms with Crippen molar-refractivity contribution in [2.24, 2.45) is 5.92 Å². The van der Waals surface area contributed by atoms with Crippen molar-refractivity contribution in [1.29, 1.82) is 0 Å². The lowest BCUT2D eigenvalue weighted by Gasteiger charge is -2.18.